The van der Waals surface area contributed by atoms with Crippen LogP contribution in [0.25, 0.3) is 0 Å². The molecule has 0 aromatic carbocycles. The molecule has 3 nitrogen and oxygen atoms in total. The molecule has 0 amide bonds. The zero-order chi connectivity index (χ0) is 14.3. The molecule has 0 bridgehead atoms. The molecule has 0 aromatic rings. The Labute approximate surface area is 120 Å². The van der Waals surface area contributed by atoms with Crippen molar-refractivity contribution in [1.29, 1.82) is 0 Å². The maximum atomic E-state index is 5.61. The van der Waals surface area contributed by atoms with Gasteiger partial charge < -0.3 is 10.1 Å². The Morgan fingerprint density at radius 1 is 1.32 bits per heavy atom. The normalized spacial score (nSPS) is 29.1. The topological polar surface area (TPSA) is 24.5 Å². The highest BCUT2D eigenvalue weighted by molar-refractivity contribution is 4.95. The van der Waals surface area contributed by atoms with E-state index < -0.39 is 0 Å². The van der Waals surface area contributed by atoms with Crippen molar-refractivity contribution < 1.29 is 4.74 Å². The lowest BCUT2D eigenvalue weighted by atomic mass is 9.90. The molecular weight excluding hydrogens is 236 g/mol. The van der Waals surface area contributed by atoms with Gasteiger partial charge in [-0.1, -0.05) is 27.7 Å². The van der Waals surface area contributed by atoms with Crippen molar-refractivity contribution in [2.45, 2.75) is 65.5 Å². The lowest BCUT2D eigenvalue weighted by molar-refractivity contribution is 0.0476. The van der Waals surface area contributed by atoms with E-state index in [2.05, 4.69) is 44.8 Å². The molecule has 1 fully saturated rings. The lowest BCUT2D eigenvalue weighted by Crippen LogP contribution is -2.64. The van der Waals surface area contributed by atoms with Gasteiger partial charge in [0.05, 0.1) is 0 Å². The van der Waals surface area contributed by atoms with Crippen LogP contribution in [0, 0.1) is 5.92 Å². The lowest BCUT2D eigenvalue weighted by Gasteiger charge is -2.47. The van der Waals surface area contributed by atoms with Gasteiger partial charge in [-0.25, -0.2) is 0 Å². The van der Waals surface area contributed by atoms with Crippen LogP contribution in [0.4, 0.5) is 0 Å². The SMILES string of the molecule is CCCOCCCN1CC(C)(CC)NCC1C(C)C. The molecule has 0 saturated carbocycles. The van der Waals surface area contributed by atoms with Gasteiger partial charge in [0.25, 0.3) is 0 Å². The highest BCUT2D eigenvalue weighted by Crippen LogP contribution is 2.22. The summed E-state index contributed by atoms with van der Waals surface area (Å²) in [5.74, 6) is 0.713. The van der Waals surface area contributed by atoms with Gasteiger partial charge in [0, 0.05) is 44.4 Å². The largest absolute Gasteiger partial charge is 0.381 e. The fourth-order valence-corrected chi connectivity index (χ4v) is 2.86. The molecule has 1 aliphatic heterocycles. The second-order valence-electron chi connectivity index (χ2n) is 6.54. The highest BCUT2D eigenvalue weighted by atomic mass is 16.5. The van der Waals surface area contributed by atoms with E-state index in [1.807, 2.05) is 0 Å². The molecule has 0 aliphatic carbocycles. The Morgan fingerprint density at radius 3 is 2.63 bits per heavy atom. The molecule has 19 heavy (non-hydrogen) atoms. The zero-order valence-electron chi connectivity index (χ0n) is 13.7. The number of ether oxygens (including phenoxy) is 1. The summed E-state index contributed by atoms with van der Waals surface area (Å²) in [6.07, 6.45) is 3.47. The fraction of sp³-hybridized carbons (Fsp3) is 1.00. The van der Waals surface area contributed by atoms with E-state index in [4.69, 9.17) is 4.74 Å². The first-order valence-corrected chi connectivity index (χ1v) is 8.09. The Morgan fingerprint density at radius 2 is 2.05 bits per heavy atom. The summed E-state index contributed by atoms with van der Waals surface area (Å²) in [4.78, 5) is 2.68. The summed E-state index contributed by atoms with van der Waals surface area (Å²) in [5, 5.41) is 3.74. The third-order valence-corrected chi connectivity index (χ3v) is 4.39. The first-order chi connectivity index (χ1) is 9.02. The maximum absolute atomic E-state index is 5.61. The molecular formula is C16H34N2O. The Bertz CT molecular complexity index is 245. The number of piperazine rings is 1. The number of rotatable bonds is 8. The second kappa shape index (κ2) is 8.23. The van der Waals surface area contributed by atoms with Crippen LogP contribution in [-0.2, 0) is 4.74 Å². The summed E-state index contributed by atoms with van der Waals surface area (Å²) in [5.41, 5.74) is 0.287. The smallest absolute Gasteiger partial charge is 0.0478 e. The predicted molar refractivity (Wildman–Crippen MR) is 82.6 cm³/mol. The van der Waals surface area contributed by atoms with E-state index in [1.165, 1.54) is 19.5 Å². The fourth-order valence-electron chi connectivity index (χ4n) is 2.86. The molecule has 2 unspecified atom stereocenters. The minimum atomic E-state index is 0.287. The quantitative estimate of drug-likeness (QED) is 0.686. The van der Waals surface area contributed by atoms with Crippen LogP contribution >= 0.6 is 0 Å². The Kier molecular flexibility index (Phi) is 7.33. The number of hydrogen-bond acceptors (Lipinski definition) is 3. The summed E-state index contributed by atoms with van der Waals surface area (Å²) >= 11 is 0. The second-order valence-corrected chi connectivity index (χ2v) is 6.54. The summed E-state index contributed by atoms with van der Waals surface area (Å²) in [6.45, 7) is 16.7. The average Bonchev–Trinajstić information content (AvgIpc) is 2.38. The van der Waals surface area contributed by atoms with Gasteiger partial charge in [-0.05, 0) is 32.1 Å². The number of hydrogen-bond donors (Lipinski definition) is 1. The van der Waals surface area contributed by atoms with E-state index >= 15 is 0 Å². The minimum absolute atomic E-state index is 0.287. The van der Waals surface area contributed by atoms with Gasteiger partial charge >= 0.3 is 0 Å². The van der Waals surface area contributed by atoms with Crippen molar-refractivity contribution in [2.75, 3.05) is 32.8 Å². The molecule has 1 heterocycles. The van der Waals surface area contributed by atoms with Crippen LogP contribution in [0.1, 0.15) is 53.9 Å². The van der Waals surface area contributed by atoms with E-state index in [0.29, 0.717) is 12.0 Å². The first-order valence-electron chi connectivity index (χ1n) is 8.09. The van der Waals surface area contributed by atoms with Crippen LogP contribution in [0.2, 0.25) is 0 Å². The minimum Gasteiger partial charge on any atom is -0.381 e. The monoisotopic (exact) mass is 270 g/mol. The molecule has 114 valence electrons. The first kappa shape index (κ1) is 16.9. The average molecular weight is 270 g/mol. The van der Waals surface area contributed by atoms with E-state index in [-0.39, 0.29) is 5.54 Å². The molecule has 1 rings (SSSR count). The number of nitrogens with one attached hydrogen (secondary N) is 1. The third-order valence-electron chi connectivity index (χ3n) is 4.39. The molecule has 1 N–H and O–H groups in total. The van der Waals surface area contributed by atoms with Crippen LogP contribution in [0.15, 0.2) is 0 Å². The van der Waals surface area contributed by atoms with Crippen LogP contribution in [0.3, 0.4) is 0 Å². The van der Waals surface area contributed by atoms with Crippen molar-refractivity contribution in [2.24, 2.45) is 5.92 Å². The molecule has 0 spiro atoms. The zero-order valence-corrected chi connectivity index (χ0v) is 13.7. The standard InChI is InChI=1S/C16H34N2O/c1-6-10-19-11-8-9-18-13-16(5,7-2)17-12-15(18)14(3)4/h14-15,17H,6-13H2,1-5H3. The molecule has 0 aromatic heterocycles. The van der Waals surface area contributed by atoms with Crippen molar-refractivity contribution in [3.8, 4) is 0 Å². The van der Waals surface area contributed by atoms with Gasteiger partial charge in [0.2, 0.25) is 0 Å². The van der Waals surface area contributed by atoms with Crippen LogP contribution in [0.5, 0.6) is 0 Å². The van der Waals surface area contributed by atoms with Gasteiger partial charge in [0.1, 0.15) is 0 Å². The molecule has 2 atom stereocenters. The molecule has 1 aliphatic rings. The van der Waals surface area contributed by atoms with Gasteiger partial charge in [-0.3, -0.25) is 4.90 Å². The molecule has 0 radical (unpaired) electrons. The Balaban J connectivity index is 2.43. The van der Waals surface area contributed by atoms with E-state index in [1.54, 1.807) is 0 Å². The van der Waals surface area contributed by atoms with Crippen molar-refractivity contribution in [3.05, 3.63) is 0 Å². The summed E-state index contributed by atoms with van der Waals surface area (Å²) < 4.78 is 5.61. The maximum Gasteiger partial charge on any atom is 0.0478 e. The summed E-state index contributed by atoms with van der Waals surface area (Å²) in [6, 6.07) is 0.672. The Hall–Kier alpha value is -0.120. The van der Waals surface area contributed by atoms with Crippen molar-refractivity contribution >= 4 is 0 Å². The van der Waals surface area contributed by atoms with Crippen LogP contribution < -0.4 is 5.32 Å². The summed E-state index contributed by atoms with van der Waals surface area (Å²) in [7, 11) is 0. The number of nitrogens with zero attached hydrogens (tertiary/aromatic N) is 1. The highest BCUT2D eigenvalue weighted by Gasteiger charge is 2.35. The van der Waals surface area contributed by atoms with Crippen LogP contribution in [-0.4, -0.2) is 49.3 Å². The van der Waals surface area contributed by atoms with Crippen molar-refractivity contribution in [1.82, 2.24) is 10.2 Å². The van der Waals surface area contributed by atoms with E-state index in [0.717, 1.165) is 32.6 Å². The van der Waals surface area contributed by atoms with Crippen molar-refractivity contribution in [3.63, 3.8) is 0 Å². The molecule has 3 heteroatoms. The van der Waals surface area contributed by atoms with Gasteiger partial charge in [-0.2, -0.15) is 0 Å². The van der Waals surface area contributed by atoms with E-state index in [9.17, 15) is 0 Å². The van der Waals surface area contributed by atoms with Gasteiger partial charge in [0.15, 0.2) is 0 Å². The van der Waals surface area contributed by atoms with Gasteiger partial charge in [-0.15, -0.1) is 0 Å². The third kappa shape index (κ3) is 5.41. The predicted octanol–water partition coefficient (Wildman–Crippen LogP) is 2.90. The molecule has 1 saturated heterocycles.